The molecular weight excluding hydrogens is 364 g/mol. The van der Waals surface area contributed by atoms with Gasteiger partial charge in [-0.3, -0.25) is 14.4 Å². The molecule has 0 N–H and O–H groups in total. The summed E-state index contributed by atoms with van der Waals surface area (Å²) in [5, 5.41) is 0. The maximum Gasteiger partial charge on any atom is 0.163 e. The van der Waals surface area contributed by atoms with E-state index in [0.29, 0.717) is 12.8 Å². The lowest BCUT2D eigenvalue weighted by atomic mass is 9.72. The molecule has 0 saturated heterocycles. The molecule has 1 aliphatic rings. The Morgan fingerprint density at radius 2 is 1.93 bits per heavy atom. The van der Waals surface area contributed by atoms with Crippen LogP contribution in [0.25, 0.3) is 0 Å². The van der Waals surface area contributed by atoms with Crippen molar-refractivity contribution in [3.05, 3.63) is 34.4 Å². The van der Waals surface area contributed by atoms with Gasteiger partial charge in [0, 0.05) is 24.3 Å². The van der Waals surface area contributed by atoms with E-state index in [9.17, 15) is 19.2 Å². The first-order chi connectivity index (χ1) is 13.8. The molecule has 0 saturated carbocycles. The highest BCUT2D eigenvalue weighted by Gasteiger charge is 2.33. The summed E-state index contributed by atoms with van der Waals surface area (Å²) < 4.78 is 0. The molecule has 1 aliphatic carbocycles. The summed E-state index contributed by atoms with van der Waals surface area (Å²) in [4.78, 5) is 47.9. The van der Waals surface area contributed by atoms with Gasteiger partial charge in [0.15, 0.2) is 5.78 Å². The highest BCUT2D eigenvalue weighted by atomic mass is 16.1. The molecule has 0 heterocycles. The maximum atomic E-state index is 12.9. The first-order valence-electron chi connectivity index (χ1n) is 10.9. The fourth-order valence-electron chi connectivity index (χ4n) is 5.08. The summed E-state index contributed by atoms with van der Waals surface area (Å²) in [5.74, 6) is 0.461. The van der Waals surface area contributed by atoms with Gasteiger partial charge in [-0.25, -0.2) is 0 Å². The van der Waals surface area contributed by atoms with E-state index in [1.165, 1.54) is 6.92 Å². The van der Waals surface area contributed by atoms with Gasteiger partial charge in [0.1, 0.15) is 17.9 Å². The Hall–Kier alpha value is -2.10. The van der Waals surface area contributed by atoms with Crippen LogP contribution in [0.5, 0.6) is 0 Å². The molecule has 2 rings (SSSR count). The van der Waals surface area contributed by atoms with Crippen LogP contribution in [0.2, 0.25) is 0 Å². The summed E-state index contributed by atoms with van der Waals surface area (Å²) in [6, 6.07) is 3.96. The van der Waals surface area contributed by atoms with Gasteiger partial charge in [0.25, 0.3) is 0 Å². The first kappa shape index (κ1) is 23.2. The molecule has 3 unspecified atom stereocenters. The van der Waals surface area contributed by atoms with Gasteiger partial charge < -0.3 is 4.79 Å². The lowest BCUT2D eigenvalue weighted by molar-refractivity contribution is -0.130. The number of benzene rings is 1. The highest BCUT2D eigenvalue weighted by Crippen LogP contribution is 2.37. The molecule has 0 bridgehead atoms. The third-order valence-corrected chi connectivity index (χ3v) is 6.37. The van der Waals surface area contributed by atoms with Crippen LogP contribution >= 0.6 is 0 Å². The standard InChI is InChI=1S/C25H34O4/c1-5-7-20(22(6-2)23(28)12-16(3)27)13-18-14-21-9-8-19(10-11-26)17(4)25(21)24(29)15-18/h8-9,11,18,20,22H,5-7,10,12-15H2,1-4H3. The van der Waals surface area contributed by atoms with Crippen LogP contribution in [0.3, 0.4) is 0 Å². The monoisotopic (exact) mass is 398 g/mol. The van der Waals surface area contributed by atoms with Crippen LogP contribution in [-0.2, 0) is 27.2 Å². The topological polar surface area (TPSA) is 68.3 Å². The fourth-order valence-corrected chi connectivity index (χ4v) is 5.08. The molecule has 0 radical (unpaired) electrons. The smallest absolute Gasteiger partial charge is 0.163 e. The summed E-state index contributed by atoms with van der Waals surface area (Å²) in [7, 11) is 0. The van der Waals surface area contributed by atoms with E-state index in [4.69, 9.17) is 0 Å². The predicted octanol–water partition coefficient (Wildman–Crippen LogP) is 4.86. The van der Waals surface area contributed by atoms with Crippen LogP contribution in [-0.4, -0.2) is 23.6 Å². The van der Waals surface area contributed by atoms with Crippen molar-refractivity contribution < 1.29 is 19.2 Å². The molecule has 0 aliphatic heterocycles. The van der Waals surface area contributed by atoms with Gasteiger partial charge in [0.2, 0.25) is 0 Å². The molecule has 1 aromatic carbocycles. The Morgan fingerprint density at radius 3 is 2.52 bits per heavy atom. The lowest BCUT2D eigenvalue weighted by Crippen LogP contribution is -2.30. The highest BCUT2D eigenvalue weighted by molar-refractivity contribution is 6.00. The molecule has 158 valence electrons. The zero-order valence-electron chi connectivity index (χ0n) is 18.3. The van der Waals surface area contributed by atoms with E-state index in [1.807, 2.05) is 26.0 Å². The number of aldehydes is 1. The van der Waals surface area contributed by atoms with Gasteiger partial charge in [-0.1, -0.05) is 38.8 Å². The summed E-state index contributed by atoms with van der Waals surface area (Å²) in [6.45, 7) is 7.54. The minimum absolute atomic E-state index is 0.0177. The molecule has 0 amide bonds. The average molecular weight is 399 g/mol. The minimum atomic E-state index is -0.105. The van der Waals surface area contributed by atoms with Crippen molar-refractivity contribution in [1.29, 1.82) is 0 Å². The Bertz CT molecular complexity index is 777. The normalized spacial score (nSPS) is 18.1. The van der Waals surface area contributed by atoms with E-state index in [-0.39, 0.29) is 41.5 Å². The number of hydrogen-bond acceptors (Lipinski definition) is 4. The second-order valence-electron chi connectivity index (χ2n) is 8.60. The summed E-state index contributed by atoms with van der Waals surface area (Å²) in [6.07, 6.45) is 6.07. The Balaban J connectivity index is 2.21. The molecule has 4 heteroatoms. The number of carbonyl (C=O) groups excluding carboxylic acids is 4. The van der Waals surface area contributed by atoms with Gasteiger partial charge >= 0.3 is 0 Å². The van der Waals surface area contributed by atoms with E-state index < -0.39 is 0 Å². The van der Waals surface area contributed by atoms with E-state index >= 15 is 0 Å². The molecule has 0 fully saturated rings. The lowest BCUT2D eigenvalue weighted by Gasteiger charge is -2.32. The molecule has 0 spiro atoms. The van der Waals surface area contributed by atoms with Crippen molar-refractivity contribution in [3.8, 4) is 0 Å². The first-order valence-corrected chi connectivity index (χ1v) is 10.9. The Kier molecular flexibility index (Phi) is 8.48. The number of Topliss-reactive ketones (excluding diaryl/α,β-unsaturated/α-hetero) is 3. The third kappa shape index (κ3) is 5.71. The zero-order chi connectivity index (χ0) is 21.6. The quantitative estimate of drug-likeness (QED) is 0.394. The van der Waals surface area contributed by atoms with Crippen LogP contribution in [0.1, 0.15) is 86.3 Å². The second kappa shape index (κ2) is 10.6. The number of rotatable bonds is 11. The number of ketones is 3. The Morgan fingerprint density at radius 1 is 1.21 bits per heavy atom. The zero-order valence-corrected chi connectivity index (χ0v) is 18.3. The van der Waals surface area contributed by atoms with Crippen LogP contribution < -0.4 is 0 Å². The van der Waals surface area contributed by atoms with Gasteiger partial charge in [-0.05, 0) is 61.6 Å². The molecule has 4 nitrogen and oxygen atoms in total. The van der Waals surface area contributed by atoms with Crippen molar-refractivity contribution >= 4 is 23.6 Å². The van der Waals surface area contributed by atoms with Gasteiger partial charge in [-0.2, -0.15) is 0 Å². The van der Waals surface area contributed by atoms with Crippen molar-refractivity contribution in [2.75, 3.05) is 0 Å². The molecule has 29 heavy (non-hydrogen) atoms. The van der Waals surface area contributed by atoms with Gasteiger partial charge in [-0.15, -0.1) is 0 Å². The van der Waals surface area contributed by atoms with Crippen molar-refractivity contribution in [1.82, 2.24) is 0 Å². The fraction of sp³-hybridized carbons (Fsp3) is 0.600. The molecule has 0 aromatic heterocycles. The summed E-state index contributed by atoms with van der Waals surface area (Å²) >= 11 is 0. The van der Waals surface area contributed by atoms with Crippen molar-refractivity contribution in [2.24, 2.45) is 17.8 Å². The van der Waals surface area contributed by atoms with Crippen LogP contribution in [0.15, 0.2) is 12.1 Å². The van der Waals surface area contributed by atoms with Crippen LogP contribution in [0, 0.1) is 24.7 Å². The van der Waals surface area contributed by atoms with Crippen molar-refractivity contribution in [2.45, 2.75) is 79.1 Å². The average Bonchev–Trinajstić information content (AvgIpc) is 2.64. The molecular formula is C25H34O4. The van der Waals surface area contributed by atoms with Gasteiger partial charge in [0.05, 0.1) is 6.42 Å². The third-order valence-electron chi connectivity index (χ3n) is 6.37. The number of carbonyl (C=O) groups is 4. The van der Waals surface area contributed by atoms with Crippen molar-refractivity contribution in [3.63, 3.8) is 0 Å². The van der Waals surface area contributed by atoms with E-state index in [1.54, 1.807) is 0 Å². The van der Waals surface area contributed by atoms with E-state index in [2.05, 4.69) is 6.92 Å². The second-order valence-corrected chi connectivity index (χ2v) is 8.60. The molecule has 1 aromatic rings. The minimum Gasteiger partial charge on any atom is -0.303 e. The van der Waals surface area contributed by atoms with Crippen LogP contribution in [0.4, 0.5) is 0 Å². The maximum absolute atomic E-state index is 12.9. The SMILES string of the molecule is CCCC(CC1CC(=O)c2c(ccc(CC=O)c2C)C1)C(CC)C(=O)CC(C)=O. The predicted molar refractivity (Wildman–Crippen MR) is 114 cm³/mol. The number of hydrogen-bond donors (Lipinski definition) is 0. The largest absolute Gasteiger partial charge is 0.303 e. The van der Waals surface area contributed by atoms with E-state index in [0.717, 1.165) is 60.6 Å². The number of fused-ring (bicyclic) bond motifs is 1. The summed E-state index contributed by atoms with van der Waals surface area (Å²) in [5.41, 5.74) is 3.73. The molecule has 3 atom stereocenters. The Labute approximate surface area is 174 Å².